The first-order valence-electron chi connectivity index (χ1n) is 16.6. The molecule has 2 aromatic carbocycles. The highest BCUT2D eigenvalue weighted by Gasteiger charge is 2.49. The number of aromatic nitrogens is 4. The maximum atomic E-state index is 17.1. The molecule has 2 saturated heterocycles. The molecule has 264 valence electrons. The first-order valence-corrected chi connectivity index (χ1v) is 17.8. The van der Waals surface area contributed by atoms with Gasteiger partial charge in [0.05, 0.1) is 26.5 Å². The maximum absolute atomic E-state index is 17.1. The minimum Gasteiger partial charge on any atom is -0.461 e. The summed E-state index contributed by atoms with van der Waals surface area (Å²) >= 11 is 7.80. The molecule has 3 aliphatic rings. The number of amides is 1. The van der Waals surface area contributed by atoms with Crippen molar-refractivity contribution in [3.05, 3.63) is 57.9 Å². The van der Waals surface area contributed by atoms with Gasteiger partial charge in [0.2, 0.25) is 0 Å². The number of hydrogen-bond acceptors (Lipinski definition) is 10. The lowest BCUT2D eigenvalue weighted by molar-refractivity contribution is 0.107. The Balaban J connectivity index is 1.28. The summed E-state index contributed by atoms with van der Waals surface area (Å²) in [5.74, 6) is -1.04. The lowest BCUT2D eigenvalue weighted by Crippen LogP contribution is -2.43. The summed E-state index contributed by atoms with van der Waals surface area (Å²) in [6, 6.07) is 5.79. The largest absolute Gasteiger partial charge is 0.461 e. The fourth-order valence-electron chi connectivity index (χ4n) is 7.86. The van der Waals surface area contributed by atoms with Crippen molar-refractivity contribution in [1.82, 2.24) is 29.5 Å². The van der Waals surface area contributed by atoms with E-state index in [2.05, 4.69) is 15.0 Å². The molecule has 1 amide bonds. The number of nitriles is 1. The van der Waals surface area contributed by atoms with Gasteiger partial charge >= 0.3 is 12.0 Å². The maximum Gasteiger partial charge on any atom is 0.344 e. The van der Waals surface area contributed by atoms with Gasteiger partial charge in [-0.15, -0.1) is 11.3 Å². The van der Waals surface area contributed by atoms with E-state index in [0.29, 0.717) is 50.1 Å². The zero-order chi connectivity index (χ0) is 35.8. The summed E-state index contributed by atoms with van der Waals surface area (Å²) in [6.45, 7) is 2.07. The zero-order valence-corrected chi connectivity index (χ0v) is 29.4. The van der Waals surface area contributed by atoms with E-state index >= 15 is 4.39 Å². The van der Waals surface area contributed by atoms with Crippen LogP contribution in [0.1, 0.15) is 42.5 Å². The number of carbonyl (C=O) groups excluding carboxylic acids is 1. The Bertz CT molecular complexity index is 2290. The van der Waals surface area contributed by atoms with Crippen molar-refractivity contribution >= 4 is 60.8 Å². The van der Waals surface area contributed by atoms with Crippen LogP contribution in [0.5, 0.6) is 6.01 Å². The van der Waals surface area contributed by atoms with Crippen molar-refractivity contribution in [3.63, 3.8) is 0 Å². The van der Waals surface area contributed by atoms with Crippen LogP contribution in [0, 0.1) is 23.0 Å². The number of halogens is 4. The number of nitrogens with zero attached hydrogens (tertiary/aromatic N) is 8. The average molecular weight is 736 g/mol. The van der Waals surface area contributed by atoms with E-state index < -0.39 is 23.3 Å². The van der Waals surface area contributed by atoms with Gasteiger partial charge in [0.15, 0.2) is 5.82 Å². The molecule has 2 N–H and O–H groups in total. The number of benzene rings is 2. The summed E-state index contributed by atoms with van der Waals surface area (Å²) in [5.41, 5.74) is 7.24. The second kappa shape index (κ2) is 12.5. The number of carbonyl (C=O) groups is 1. The van der Waals surface area contributed by atoms with Gasteiger partial charge in [-0.3, -0.25) is 4.90 Å². The molecule has 3 aromatic heterocycles. The predicted octanol–water partition coefficient (Wildman–Crippen LogP) is 6.53. The van der Waals surface area contributed by atoms with Crippen LogP contribution in [0.15, 0.2) is 24.4 Å². The lowest BCUT2D eigenvalue weighted by atomic mass is 9.95. The Labute approximate surface area is 300 Å². The molecule has 0 saturated carbocycles. The molecular weight excluding hydrogens is 703 g/mol. The average Bonchev–Trinajstić information content (AvgIpc) is 3.82. The number of rotatable bonds is 5. The molecular formula is C35H33ClF3N9O2S. The molecule has 0 radical (unpaired) electrons. The number of nitrogen functional groups attached to an aromatic ring is 1. The highest BCUT2D eigenvalue weighted by atomic mass is 35.5. The van der Waals surface area contributed by atoms with Crippen LogP contribution < -0.4 is 15.4 Å². The number of nitrogens with two attached hydrogens (primary N) is 1. The Kier molecular flexibility index (Phi) is 8.23. The van der Waals surface area contributed by atoms with Crippen LogP contribution in [-0.2, 0) is 13.0 Å². The van der Waals surface area contributed by atoms with E-state index in [4.69, 9.17) is 27.1 Å². The summed E-state index contributed by atoms with van der Waals surface area (Å²) < 4.78 is 54.4. The van der Waals surface area contributed by atoms with Gasteiger partial charge in [-0.1, -0.05) is 17.7 Å². The van der Waals surface area contributed by atoms with Crippen molar-refractivity contribution < 1.29 is 22.7 Å². The lowest BCUT2D eigenvalue weighted by Gasteiger charge is -2.31. The standard InChI is InChI=1S/C35H33ClF3N9O2S/c1-45(2)34(49)48-15-18-14-46(9-3-5-25(18)44-48)32-21-11-23(36)27(20-6-7-24(38)30-26(20)22(13-40)31(41)51-30)28(39)29(21)42-33(43-32)50-17-35-8-4-10-47(35)16-19(37)12-35/h6-7,11,15,19H,3-5,8-10,12,14,16-17,41H2,1-2H3/t19-,35+/m1/s1. The molecule has 0 aliphatic carbocycles. The number of fused-ring (bicyclic) bond motifs is 4. The minimum absolute atomic E-state index is 0.000396. The van der Waals surface area contributed by atoms with Gasteiger partial charge in [0.1, 0.15) is 41.0 Å². The number of ether oxygens (including phenoxy) is 1. The Morgan fingerprint density at radius 3 is 2.86 bits per heavy atom. The number of anilines is 2. The Morgan fingerprint density at radius 1 is 1.25 bits per heavy atom. The fraction of sp³-hybridized carbons (Fsp3) is 0.400. The second-order valence-corrected chi connectivity index (χ2v) is 15.1. The first kappa shape index (κ1) is 33.5. The summed E-state index contributed by atoms with van der Waals surface area (Å²) in [7, 11) is 3.30. The Hall–Kier alpha value is -4.65. The molecule has 2 fully saturated rings. The topological polar surface area (TPSA) is 129 Å². The highest BCUT2D eigenvalue weighted by Crippen LogP contribution is 2.46. The molecule has 6 heterocycles. The first-order chi connectivity index (χ1) is 24.5. The normalized spacial score (nSPS) is 20.4. The third-order valence-electron chi connectivity index (χ3n) is 10.2. The fourth-order valence-corrected chi connectivity index (χ4v) is 9.11. The van der Waals surface area contributed by atoms with Gasteiger partial charge in [0, 0.05) is 68.2 Å². The highest BCUT2D eigenvalue weighted by molar-refractivity contribution is 7.23. The van der Waals surface area contributed by atoms with Crippen molar-refractivity contribution in [2.24, 2.45) is 0 Å². The molecule has 3 aliphatic heterocycles. The van der Waals surface area contributed by atoms with E-state index in [0.717, 1.165) is 42.0 Å². The van der Waals surface area contributed by atoms with Crippen LogP contribution >= 0.6 is 22.9 Å². The van der Waals surface area contributed by atoms with Crippen LogP contribution in [0.3, 0.4) is 0 Å². The van der Waals surface area contributed by atoms with Gasteiger partial charge in [-0.25, -0.2) is 18.0 Å². The van der Waals surface area contributed by atoms with Gasteiger partial charge in [-0.2, -0.15) is 25.0 Å². The summed E-state index contributed by atoms with van der Waals surface area (Å²) in [6.07, 6.45) is 4.02. The molecule has 2 atom stereocenters. The van der Waals surface area contributed by atoms with Crippen LogP contribution in [0.2, 0.25) is 5.02 Å². The second-order valence-electron chi connectivity index (χ2n) is 13.6. The third kappa shape index (κ3) is 5.51. The van der Waals surface area contributed by atoms with Crippen molar-refractivity contribution in [3.8, 4) is 23.2 Å². The van der Waals surface area contributed by atoms with E-state index in [1.165, 1.54) is 21.7 Å². The molecule has 51 heavy (non-hydrogen) atoms. The van der Waals surface area contributed by atoms with Crippen LogP contribution in [0.4, 0.5) is 28.8 Å². The SMILES string of the molecule is CN(C)C(=O)n1cc2c(n1)CCCN(c1nc(OC[C@@]34CCCN3C[C@H](F)C4)nc3c(F)c(-c4ccc(F)c5sc(N)c(C#N)c45)c(Cl)cc13)C2. The monoisotopic (exact) mass is 735 g/mol. The number of thiophene rings is 1. The van der Waals surface area contributed by atoms with Crippen molar-refractivity contribution in [1.29, 1.82) is 5.26 Å². The van der Waals surface area contributed by atoms with E-state index in [1.807, 2.05) is 11.0 Å². The molecule has 16 heteroatoms. The van der Waals surface area contributed by atoms with Gasteiger partial charge < -0.3 is 20.3 Å². The minimum atomic E-state index is -0.965. The number of alkyl halides is 1. The summed E-state index contributed by atoms with van der Waals surface area (Å²) in [5, 5.41) is 15.0. The van der Waals surface area contributed by atoms with Crippen molar-refractivity contribution in [2.45, 2.75) is 50.4 Å². The van der Waals surface area contributed by atoms with E-state index in [1.54, 1.807) is 26.4 Å². The van der Waals surface area contributed by atoms with E-state index in [9.17, 15) is 18.8 Å². The van der Waals surface area contributed by atoms with Crippen molar-refractivity contribution in [2.75, 3.05) is 51.0 Å². The molecule has 0 unspecified atom stereocenters. The van der Waals surface area contributed by atoms with Crippen LogP contribution in [-0.4, -0.2) is 87.6 Å². The van der Waals surface area contributed by atoms with E-state index in [-0.39, 0.29) is 61.0 Å². The number of aryl methyl sites for hydroxylation is 1. The zero-order valence-electron chi connectivity index (χ0n) is 27.8. The molecule has 0 bridgehead atoms. The molecule has 11 nitrogen and oxygen atoms in total. The summed E-state index contributed by atoms with van der Waals surface area (Å²) in [4.78, 5) is 27.6. The third-order valence-corrected chi connectivity index (χ3v) is 11.6. The molecule has 8 rings (SSSR count). The Morgan fingerprint density at radius 2 is 2.08 bits per heavy atom. The quantitative estimate of drug-likeness (QED) is 0.214. The molecule has 5 aromatic rings. The van der Waals surface area contributed by atoms with Crippen LogP contribution in [0.25, 0.3) is 32.1 Å². The van der Waals surface area contributed by atoms with Gasteiger partial charge in [-0.05, 0) is 49.9 Å². The smallest absolute Gasteiger partial charge is 0.344 e. The molecule has 0 spiro atoms. The van der Waals surface area contributed by atoms with Gasteiger partial charge in [0.25, 0.3) is 0 Å². The number of hydrogen-bond donors (Lipinski definition) is 1. The predicted molar refractivity (Wildman–Crippen MR) is 189 cm³/mol.